The Kier molecular flexibility index (Phi) is 4.96. The number of anilines is 1. The molecule has 2 rings (SSSR count). The summed E-state index contributed by atoms with van der Waals surface area (Å²) in [4.78, 5) is 14.1. The molecule has 106 valence electrons. The minimum absolute atomic E-state index is 0.0390. The van der Waals surface area contributed by atoms with Crippen molar-refractivity contribution in [2.45, 2.75) is 51.5 Å². The molecule has 1 saturated carbocycles. The summed E-state index contributed by atoms with van der Waals surface area (Å²) in [5.41, 5.74) is 0.771. The van der Waals surface area contributed by atoms with Crippen LogP contribution >= 0.6 is 0 Å². The smallest absolute Gasteiger partial charge is 0.240 e. The van der Waals surface area contributed by atoms with Gasteiger partial charge in [0.15, 0.2) is 0 Å². The summed E-state index contributed by atoms with van der Waals surface area (Å²) < 4.78 is 4.98. The van der Waals surface area contributed by atoms with Crippen LogP contribution in [0.15, 0.2) is 10.6 Å². The Bertz CT molecular complexity index is 409. The van der Waals surface area contributed by atoms with Gasteiger partial charge >= 0.3 is 0 Å². The first-order valence-corrected chi connectivity index (χ1v) is 7.08. The van der Waals surface area contributed by atoms with Gasteiger partial charge < -0.3 is 4.52 Å². The molecular formula is C14H23N3O2. The summed E-state index contributed by atoms with van der Waals surface area (Å²) >= 11 is 0. The Hall–Kier alpha value is -1.36. The molecule has 0 saturated heterocycles. The van der Waals surface area contributed by atoms with Crippen molar-refractivity contribution in [3.8, 4) is 0 Å². The van der Waals surface area contributed by atoms with Crippen LogP contribution in [0.1, 0.15) is 44.2 Å². The molecule has 1 aromatic rings. The van der Waals surface area contributed by atoms with Crippen molar-refractivity contribution in [2.75, 3.05) is 18.9 Å². The van der Waals surface area contributed by atoms with Crippen LogP contribution in [0.4, 0.5) is 5.88 Å². The molecule has 5 heteroatoms. The number of hydrogen-bond acceptors (Lipinski definition) is 4. The van der Waals surface area contributed by atoms with Crippen LogP contribution in [0.2, 0.25) is 0 Å². The van der Waals surface area contributed by atoms with Gasteiger partial charge in [-0.25, -0.2) is 0 Å². The molecule has 5 nitrogen and oxygen atoms in total. The number of rotatable bonds is 4. The zero-order valence-corrected chi connectivity index (χ0v) is 11.8. The predicted molar refractivity (Wildman–Crippen MR) is 74.0 cm³/mol. The van der Waals surface area contributed by atoms with E-state index in [9.17, 15) is 4.79 Å². The molecule has 1 aliphatic rings. The number of likely N-dealkylation sites (N-methyl/N-ethyl adjacent to an activating group) is 1. The van der Waals surface area contributed by atoms with Crippen molar-refractivity contribution < 1.29 is 9.32 Å². The predicted octanol–water partition coefficient (Wildman–Crippen LogP) is 2.58. The average Bonchev–Trinajstić information content (AvgIpc) is 2.64. The molecular weight excluding hydrogens is 242 g/mol. The molecule has 0 atom stereocenters. The van der Waals surface area contributed by atoms with Crippen molar-refractivity contribution in [1.29, 1.82) is 0 Å². The fourth-order valence-electron chi connectivity index (χ4n) is 2.65. The van der Waals surface area contributed by atoms with Crippen molar-refractivity contribution in [3.63, 3.8) is 0 Å². The second-order valence-electron chi connectivity index (χ2n) is 5.44. The molecule has 1 N–H and O–H groups in total. The second kappa shape index (κ2) is 6.70. The minimum Gasteiger partial charge on any atom is -0.338 e. The van der Waals surface area contributed by atoms with Crippen molar-refractivity contribution in [1.82, 2.24) is 10.1 Å². The van der Waals surface area contributed by atoms with Gasteiger partial charge in [-0.2, -0.15) is 0 Å². The Labute approximate surface area is 114 Å². The summed E-state index contributed by atoms with van der Waals surface area (Å²) in [6, 6.07) is 2.26. The van der Waals surface area contributed by atoms with E-state index in [1.165, 1.54) is 38.5 Å². The van der Waals surface area contributed by atoms with E-state index >= 15 is 0 Å². The van der Waals surface area contributed by atoms with E-state index < -0.39 is 0 Å². The molecule has 1 amide bonds. The molecule has 0 bridgehead atoms. The van der Waals surface area contributed by atoms with E-state index in [4.69, 9.17) is 4.52 Å². The number of carbonyl (C=O) groups is 1. The standard InChI is InChI=1S/C14H23N3O2/c1-11-9-14(19-16-11)15-13(18)10-17(2)12-7-5-3-4-6-8-12/h9,12H,3-8,10H2,1-2H3,(H,15,18). The Balaban J connectivity index is 1.80. The van der Waals surface area contributed by atoms with Gasteiger partial charge in [-0.15, -0.1) is 0 Å². The molecule has 0 aliphatic heterocycles. The van der Waals surface area contributed by atoms with Crippen LogP contribution in [-0.2, 0) is 4.79 Å². The largest absolute Gasteiger partial charge is 0.338 e. The highest BCUT2D eigenvalue weighted by Gasteiger charge is 2.19. The van der Waals surface area contributed by atoms with Crippen molar-refractivity contribution >= 4 is 11.8 Å². The van der Waals surface area contributed by atoms with Crippen LogP contribution in [0.25, 0.3) is 0 Å². The number of hydrogen-bond donors (Lipinski definition) is 1. The fraction of sp³-hybridized carbons (Fsp3) is 0.714. The van der Waals surface area contributed by atoms with Gasteiger partial charge in [-0.3, -0.25) is 15.0 Å². The van der Waals surface area contributed by atoms with Crippen molar-refractivity contribution in [2.24, 2.45) is 0 Å². The second-order valence-corrected chi connectivity index (χ2v) is 5.44. The maximum atomic E-state index is 11.9. The lowest BCUT2D eigenvalue weighted by Gasteiger charge is -2.26. The topological polar surface area (TPSA) is 58.4 Å². The van der Waals surface area contributed by atoms with Crippen LogP contribution in [0.5, 0.6) is 0 Å². The Morgan fingerprint density at radius 3 is 2.68 bits per heavy atom. The minimum atomic E-state index is -0.0390. The first-order valence-electron chi connectivity index (χ1n) is 7.08. The maximum absolute atomic E-state index is 11.9. The Morgan fingerprint density at radius 1 is 1.42 bits per heavy atom. The third-order valence-corrected chi connectivity index (χ3v) is 3.73. The molecule has 19 heavy (non-hydrogen) atoms. The summed E-state index contributed by atoms with van der Waals surface area (Å²) in [5, 5.41) is 6.49. The lowest BCUT2D eigenvalue weighted by Crippen LogP contribution is -2.37. The number of aryl methyl sites for hydroxylation is 1. The molecule has 1 fully saturated rings. The van der Waals surface area contributed by atoms with Gasteiger partial charge in [0.2, 0.25) is 11.8 Å². The van der Waals surface area contributed by atoms with Crippen LogP contribution in [0.3, 0.4) is 0 Å². The van der Waals surface area contributed by atoms with E-state index in [2.05, 4.69) is 15.4 Å². The van der Waals surface area contributed by atoms with E-state index in [1.807, 2.05) is 14.0 Å². The first kappa shape index (κ1) is 14.1. The molecule has 0 aromatic carbocycles. The van der Waals surface area contributed by atoms with E-state index in [0.717, 1.165) is 5.69 Å². The molecule has 0 spiro atoms. The third-order valence-electron chi connectivity index (χ3n) is 3.73. The number of nitrogens with one attached hydrogen (secondary N) is 1. The highest BCUT2D eigenvalue weighted by molar-refractivity contribution is 5.90. The summed E-state index contributed by atoms with van der Waals surface area (Å²) in [5.74, 6) is 0.389. The van der Waals surface area contributed by atoms with Gasteiger partial charge in [-0.1, -0.05) is 30.8 Å². The van der Waals surface area contributed by atoms with Gasteiger partial charge in [0, 0.05) is 12.1 Å². The maximum Gasteiger partial charge on any atom is 0.240 e. The van der Waals surface area contributed by atoms with Gasteiger partial charge in [0.1, 0.15) is 0 Å². The van der Waals surface area contributed by atoms with E-state index in [1.54, 1.807) is 6.07 Å². The number of aromatic nitrogens is 1. The summed E-state index contributed by atoms with van der Waals surface area (Å²) in [7, 11) is 2.03. The third kappa shape index (κ3) is 4.35. The zero-order chi connectivity index (χ0) is 13.7. The van der Waals surface area contributed by atoms with Crippen molar-refractivity contribution in [3.05, 3.63) is 11.8 Å². The Morgan fingerprint density at radius 2 is 2.11 bits per heavy atom. The lowest BCUT2D eigenvalue weighted by atomic mass is 10.1. The van der Waals surface area contributed by atoms with Crippen LogP contribution in [0, 0.1) is 6.92 Å². The molecule has 1 heterocycles. The quantitative estimate of drug-likeness (QED) is 0.850. The number of amides is 1. The molecule has 1 aliphatic carbocycles. The van der Waals surface area contributed by atoms with Gasteiger partial charge in [0.05, 0.1) is 12.2 Å². The highest BCUT2D eigenvalue weighted by atomic mass is 16.5. The molecule has 0 unspecified atom stereocenters. The van der Waals surface area contributed by atoms with E-state index in [-0.39, 0.29) is 5.91 Å². The molecule has 1 aromatic heterocycles. The average molecular weight is 265 g/mol. The first-order chi connectivity index (χ1) is 9.15. The monoisotopic (exact) mass is 265 g/mol. The highest BCUT2D eigenvalue weighted by Crippen LogP contribution is 2.20. The molecule has 0 radical (unpaired) electrons. The van der Waals surface area contributed by atoms with Gasteiger partial charge in [0.25, 0.3) is 0 Å². The number of nitrogens with zero attached hydrogens (tertiary/aromatic N) is 2. The SMILES string of the molecule is Cc1cc(NC(=O)CN(C)C2CCCCCC2)on1. The lowest BCUT2D eigenvalue weighted by molar-refractivity contribution is -0.117. The fourth-order valence-corrected chi connectivity index (χ4v) is 2.65. The van der Waals surface area contributed by atoms with Gasteiger partial charge in [-0.05, 0) is 26.8 Å². The van der Waals surface area contributed by atoms with Crippen LogP contribution < -0.4 is 5.32 Å². The normalized spacial score (nSPS) is 17.4. The van der Waals surface area contributed by atoms with E-state index in [0.29, 0.717) is 18.5 Å². The van der Waals surface area contributed by atoms with Crippen LogP contribution in [-0.4, -0.2) is 35.6 Å². The zero-order valence-electron chi connectivity index (χ0n) is 11.8. The number of carbonyl (C=O) groups excluding carboxylic acids is 1. The summed E-state index contributed by atoms with van der Waals surface area (Å²) in [6.07, 6.45) is 7.61. The summed E-state index contributed by atoms with van der Waals surface area (Å²) in [6.45, 7) is 2.24.